The molecule has 0 saturated heterocycles. The van der Waals surface area contributed by atoms with Gasteiger partial charge in [-0.05, 0) is 60.7 Å². The lowest BCUT2D eigenvalue weighted by Gasteiger charge is -2.29. The van der Waals surface area contributed by atoms with Crippen molar-refractivity contribution in [1.82, 2.24) is 14.8 Å². The zero-order chi connectivity index (χ0) is 27.6. The molecule has 1 unspecified atom stereocenters. The number of carbonyl (C=O) groups is 1. The number of hydrogen-bond donors (Lipinski definition) is 2. The van der Waals surface area contributed by atoms with Crippen molar-refractivity contribution in [2.45, 2.75) is 37.5 Å². The maximum absolute atomic E-state index is 13.5. The number of aliphatic hydroxyl groups is 1. The van der Waals surface area contributed by atoms with Crippen LogP contribution in [0.5, 0.6) is 0 Å². The number of pyridine rings is 1. The average Bonchev–Trinajstić information content (AvgIpc) is 3.66. The van der Waals surface area contributed by atoms with Gasteiger partial charge in [0.1, 0.15) is 11.3 Å². The van der Waals surface area contributed by atoms with E-state index in [1.165, 1.54) is 24.3 Å². The second-order valence-electron chi connectivity index (χ2n) is 9.61. The Morgan fingerprint density at radius 2 is 1.85 bits per heavy atom. The smallest absolute Gasteiger partial charge is 0.380 e. The first-order valence-corrected chi connectivity index (χ1v) is 12.4. The normalized spacial score (nSPS) is 14.8. The molecule has 0 bridgehead atoms. The monoisotopic (exact) mass is 531 g/mol. The molecule has 2 N–H and O–H groups in total. The molecule has 2 heterocycles. The number of halogens is 3. The van der Waals surface area contributed by atoms with E-state index in [-0.39, 0.29) is 16.9 Å². The molecule has 10 heteroatoms. The highest BCUT2D eigenvalue weighted by atomic mass is 19.4. The predicted molar refractivity (Wildman–Crippen MR) is 137 cm³/mol. The van der Waals surface area contributed by atoms with Crippen LogP contribution >= 0.6 is 0 Å². The molecule has 1 amide bonds. The number of amides is 1. The Balaban J connectivity index is 1.48. The Morgan fingerprint density at radius 3 is 2.54 bits per heavy atom. The number of hydrogen-bond acceptors (Lipinski definition) is 5. The van der Waals surface area contributed by atoms with Gasteiger partial charge in [-0.2, -0.15) is 23.5 Å². The number of nitrogens with zero attached hydrogens (tertiary/aromatic N) is 4. The molecule has 1 atom stereocenters. The van der Waals surface area contributed by atoms with Crippen LogP contribution in [0.25, 0.3) is 5.69 Å². The van der Waals surface area contributed by atoms with Gasteiger partial charge < -0.3 is 10.4 Å². The van der Waals surface area contributed by atoms with Gasteiger partial charge in [0, 0.05) is 29.7 Å². The molecule has 0 radical (unpaired) electrons. The quantitative estimate of drug-likeness (QED) is 0.298. The summed E-state index contributed by atoms with van der Waals surface area (Å²) in [5, 5.41) is 27.3. The molecule has 198 valence electrons. The molecule has 4 aromatic rings. The Bertz CT molecular complexity index is 1540. The molecular formula is C29H24F3N5O2. The Kier molecular flexibility index (Phi) is 6.93. The van der Waals surface area contributed by atoms with Gasteiger partial charge in [0.05, 0.1) is 17.3 Å². The third kappa shape index (κ3) is 5.68. The van der Waals surface area contributed by atoms with Crippen LogP contribution < -0.4 is 5.32 Å². The molecule has 7 nitrogen and oxygen atoms in total. The molecule has 1 aliphatic carbocycles. The highest BCUT2D eigenvalue weighted by molar-refractivity contribution is 6.03. The topological polar surface area (TPSA) is 104 Å². The maximum Gasteiger partial charge on any atom is 0.435 e. The van der Waals surface area contributed by atoms with Crippen LogP contribution in [0.2, 0.25) is 0 Å². The van der Waals surface area contributed by atoms with E-state index < -0.39 is 23.4 Å². The van der Waals surface area contributed by atoms with E-state index in [1.54, 1.807) is 48.8 Å². The zero-order valence-electron chi connectivity index (χ0n) is 20.7. The van der Waals surface area contributed by atoms with Crippen molar-refractivity contribution < 1.29 is 23.1 Å². The second-order valence-corrected chi connectivity index (χ2v) is 9.61. The van der Waals surface area contributed by atoms with Gasteiger partial charge in [0.15, 0.2) is 5.69 Å². The predicted octanol–water partition coefficient (Wildman–Crippen LogP) is 5.84. The highest BCUT2D eigenvalue weighted by Crippen LogP contribution is 2.41. The van der Waals surface area contributed by atoms with Gasteiger partial charge in [-0.15, -0.1) is 0 Å². The van der Waals surface area contributed by atoms with Crippen molar-refractivity contribution in [2.75, 3.05) is 5.32 Å². The van der Waals surface area contributed by atoms with Gasteiger partial charge in [-0.3, -0.25) is 9.78 Å². The second kappa shape index (κ2) is 10.3. The lowest BCUT2D eigenvalue weighted by Crippen LogP contribution is -2.28. The molecule has 1 fully saturated rings. The first-order chi connectivity index (χ1) is 18.7. The summed E-state index contributed by atoms with van der Waals surface area (Å²) >= 11 is 0. The number of aromatic nitrogens is 3. The van der Waals surface area contributed by atoms with E-state index in [0.29, 0.717) is 35.2 Å². The van der Waals surface area contributed by atoms with E-state index >= 15 is 0 Å². The number of alkyl halides is 3. The molecule has 5 rings (SSSR count). The molecule has 2 aromatic heterocycles. The van der Waals surface area contributed by atoms with E-state index in [2.05, 4.69) is 15.4 Å². The summed E-state index contributed by atoms with van der Waals surface area (Å²) in [4.78, 5) is 17.4. The summed E-state index contributed by atoms with van der Waals surface area (Å²) in [7, 11) is 0. The van der Waals surface area contributed by atoms with Crippen LogP contribution in [0, 0.1) is 17.2 Å². The summed E-state index contributed by atoms with van der Waals surface area (Å²) in [5.41, 5.74) is -1.20. The molecular weight excluding hydrogens is 507 g/mol. The summed E-state index contributed by atoms with van der Waals surface area (Å²) in [5.74, 6) is -0.265. The van der Waals surface area contributed by atoms with Crippen molar-refractivity contribution in [2.24, 2.45) is 5.92 Å². The van der Waals surface area contributed by atoms with Gasteiger partial charge in [-0.1, -0.05) is 37.1 Å². The van der Waals surface area contributed by atoms with Crippen molar-refractivity contribution >= 4 is 11.6 Å². The standard InChI is InChI=1S/C29H24F3N5O2/c30-29(31,32)26-16-25(37(36-26)24-8-1-4-20(14-24)17-33)27(38)35-23-7-2-5-21(15-23)28(39,12-11-19-9-10-19)22-6-3-13-34-18-22/h1-8,13-16,18-19,39H,9-12H2,(H,35,38). The van der Waals surface area contributed by atoms with Crippen molar-refractivity contribution in [3.8, 4) is 11.8 Å². The van der Waals surface area contributed by atoms with Gasteiger partial charge in [-0.25, -0.2) is 4.68 Å². The minimum absolute atomic E-state index is 0.134. The largest absolute Gasteiger partial charge is 0.435 e. The Hall–Kier alpha value is -4.49. The molecule has 1 aliphatic rings. The fourth-order valence-corrected chi connectivity index (χ4v) is 4.52. The Morgan fingerprint density at radius 1 is 1.08 bits per heavy atom. The van der Waals surface area contributed by atoms with Crippen LogP contribution in [0.3, 0.4) is 0 Å². The molecule has 0 spiro atoms. The van der Waals surface area contributed by atoms with E-state index in [9.17, 15) is 28.3 Å². The van der Waals surface area contributed by atoms with E-state index in [1.807, 2.05) is 6.07 Å². The Labute approximate surface area is 222 Å². The fraction of sp³-hybridized carbons (Fsp3) is 0.241. The van der Waals surface area contributed by atoms with Gasteiger partial charge >= 0.3 is 6.18 Å². The zero-order valence-corrected chi connectivity index (χ0v) is 20.7. The number of rotatable bonds is 8. The van der Waals surface area contributed by atoms with Crippen LogP contribution in [0.15, 0.2) is 79.1 Å². The fourth-order valence-electron chi connectivity index (χ4n) is 4.52. The minimum atomic E-state index is -4.78. The highest BCUT2D eigenvalue weighted by Gasteiger charge is 2.37. The van der Waals surface area contributed by atoms with Crippen molar-refractivity contribution in [3.05, 3.63) is 107 Å². The number of anilines is 1. The van der Waals surface area contributed by atoms with Gasteiger partial charge in [0.25, 0.3) is 5.91 Å². The SMILES string of the molecule is N#Cc1cccc(-n2nc(C(F)(F)F)cc2C(=O)Nc2cccc(C(O)(CCC3CC3)c3cccnc3)c2)c1. The number of nitrogens with one attached hydrogen (secondary N) is 1. The summed E-state index contributed by atoms with van der Waals surface area (Å²) in [6, 6.07) is 18.5. The van der Waals surface area contributed by atoms with Crippen LogP contribution in [-0.2, 0) is 11.8 Å². The summed E-state index contributed by atoms with van der Waals surface area (Å²) in [6.45, 7) is 0. The average molecular weight is 532 g/mol. The van der Waals surface area contributed by atoms with E-state index in [0.717, 1.165) is 23.9 Å². The minimum Gasteiger partial charge on any atom is -0.380 e. The number of benzene rings is 2. The first kappa shape index (κ1) is 26.1. The summed E-state index contributed by atoms with van der Waals surface area (Å²) in [6.07, 6.45) is 1.97. The third-order valence-electron chi connectivity index (χ3n) is 6.80. The van der Waals surface area contributed by atoms with E-state index in [4.69, 9.17) is 0 Å². The molecule has 39 heavy (non-hydrogen) atoms. The van der Waals surface area contributed by atoms with Crippen LogP contribution in [-0.4, -0.2) is 25.8 Å². The lowest BCUT2D eigenvalue weighted by atomic mass is 9.82. The first-order valence-electron chi connectivity index (χ1n) is 12.4. The van der Waals surface area contributed by atoms with Gasteiger partial charge in [0.2, 0.25) is 0 Å². The molecule has 0 aliphatic heterocycles. The van der Waals surface area contributed by atoms with Crippen LogP contribution in [0.1, 0.15) is 58.6 Å². The van der Waals surface area contributed by atoms with Crippen molar-refractivity contribution in [1.29, 1.82) is 5.26 Å². The molecule has 1 saturated carbocycles. The van der Waals surface area contributed by atoms with Crippen molar-refractivity contribution in [3.63, 3.8) is 0 Å². The maximum atomic E-state index is 13.5. The lowest BCUT2D eigenvalue weighted by molar-refractivity contribution is -0.141. The number of nitriles is 1. The summed E-state index contributed by atoms with van der Waals surface area (Å²) < 4.78 is 41.4. The number of carbonyl (C=O) groups excluding carboxylic acids is 1. The third-order valence-corrected chi connectivity index (χ3v) is 6.80. The molecule has 2 aromatic carbocycles. The van der Waals surface area contributed by atoms with Crippen LogP contribution in [0.4, 0.5) is 18.9 Å².